The highest BCUT2D eigenvalue weighted by Crippen LogP contribution is 2.21. The molecule has 1 aromatic heterocycles. The van der Waals surface area contributed by atoms with E-state index in [9.17, 15) is 0 Å². The maximum absolute atomic E-state index is 5.78. The van der Waals surface area contributed by atoms with Crippen molar-refractivity contribution in [2.45, 2.75) is 46.6 Å². The first kappa shape index (κ1) is 11.7. The molecule has 3 heteroatoms. The van der Waals surface area contributed by atoms with Crippen molar-refractivity contribution in [3.05, 3.63) is 15.6 Å². The van der Waals surface area contributed by atoms with Gasteiger partial charge in [-0.3, -0.25) is 0 Å². The molecule has 0 saturated heterocycles. The minimum absolute atomic E-state index is 0.237. The molecule has 0 aliphatic carbocycles. The van der Waals surface area contributed by atoms with Crippen molar-refractivity contribution in [3.63, 3.8) is 0 Å². The number of rotatable bonds is 4. The Morgan fingerprint density at radius 3 is 2.43 bits per heavy atom. The summed E-state index contributed by atoms with van der Waals surface area (Å²) in [5, 5.41) is 1.26. The Hall–Kier alpha value is -0.410. The van der Waals surface area contributed by atoms with Gasteiger partial charge in [-0.25, -0.2) is 4.98 Å². The summed E-state index contributed by atoms with van der Waals surface area (Å²) in [5.74, 6) is 0.684. The zero-order valence-corrected chi connectivity index (χ0v) is 10.3. The fourth-order valence-electron chi connectivity index (χ4n) is 1.41. The molecule has 0 aromatic carbocycles. The minimum Gasteiger partial charge on any atom is -0.328 e. The van der Waals surface area contributed by atoms with Crippen molar-refractivity contribution in [2.75, 3.05) is 0 Å². The second kappa shape index (κ2) is 4.89. The average Bonchev–Trinajstić information content (AvgIpc) is 2.28. The van der Waals surface area contributed by atoms with Gasteiger partial charge >= 0.3 is 0 Å². The lowest BCUT2D eigenvalue weighted by Crippen LogP contribution is -2.17. The molecular weight excluding hydrogens is 192 g/mol. The molecular formula is C11H20N2S. The first-order valence-electron chi connectivity index (χ1n) is 5.19. The fourth-order valence-corrected chi connectivity index (χ4v) is 2.83. The molecule has 80 valence electrons. The number of nitrogens with zero attached hydrogens (tertiary/aromatic N) is 1. The lowest BCUT2D eigenvalue weighted by molar-refractivity contribution is 0.643. The summed E-state index contributed by atoms with van der Waals surface area (Å²) in [7, 11) is 0. The normalized spacial score (nSPS) is 13.6. The molecule has 1 rings (SSSR count). The van der Waals surface area contributed by atoms with E-state index < -0.39 is 0 Å². The van der Waals surface area contributed by atoms with E-state index in [0.29, 0.717) is 5.92 Å². The van der Waals surface area contributed by atoms with Gasteiger partial charge in [-0.2, -0.15) is 0 Å². The molecule has 0 radical (unpaired) electrons. The summed E-state index contributed by atoms with van der Waals surface area (Å²) < 4.78 is 0. The van der Waals surface area contributed by atoms with Crippen molar-refractivity contribution in [3.8, 4) is 0 Å². The van der Waals surface area contributed by atoms with Crippen LogP contribution in [0.3, 0.4) is 0 Å². The van der Waals surface area contributed by atoms with Crippen LogP contribution in [0.1, 0.15) is 36.3 Å². The SMILES string of the molecule is Cc1nc(CC(C)C)sc1CC(C)N. The molecule has 0 bridgehead atoms. The summed E-state index contributed by atoms with van der Waals surface area (Å²) in [6.45, 7) is 8.57. The molecule has 0 spiro atoms. The van der Waals surface area contributed by atoms with Crippen LogP contribution in [-0.2, 0) is 12.8 Å². The van der Waals surface area contributed by atoms with E-state index in [4.69, 9.17) is 5.73 Å². The molecule has 0 saturated carbocycles. The van der Waals surface area contributed by atoms with Crippen LogP contribution in [0.15, 0.2) is 0 Å². The van der Waals surface area contributed by atoms with Crippen molar-refractivity contribution >= 4 is 11.3 Å². The maximum Gasteiger partial charge on any atom is 0.0933 e. The van der Waals surface area contributed by atoms with E-state index in [2.05, 4.69) is 25.8 Å². The summed E-state index contributed by atoms with van der Waals surface area (Å²) >= 11 is 1.83. The number of nitrogens with two attached hydrogens (primary N) is 1. The summed E-state index contributed by atoms with van der Waals surface area (Å²) in [5.41, 5.74) is 6.95. The Morgan fingerprint density at radius 1 is 1.29 bits per heavy atom. The molecule has 14 heavy (non-hydrogen) atoms. The minimum atomic E-state index is 0.237. The number of thiazole rings is 1. The van der Waals surface area contributed by atoms with Crippen LogP contribution in [0, 0.1) is 12.8 Å². The van der Waals surface area contributed by atoms with Crippen molar-refractivity contribution in [1.82, 2.24) is 4.98 Å². The van der Waals surface area contributed by atoms with E-state index in [1.54, 1.807) is 0 Å². The molecule has 1 unspecified atom stereocenters. The summed E-state index contributed by atoms with van der Waals surface area (Å²) in [6, 6.07) is 0.237. The molecule has 1 aromatic rings. The smallest absolute Gasteiger partial charge is 0.0933 e. The Bertz CT molecular complexity index is 289. The highest BCUT2D eigenvalue weighted by molar-refractivity contribution is 7.11. The number of aryl methyl sites for hydroxylation is 1. The number of hydrogen-bond donors (Lipinski definition) is 1. The van der Waals surface area contributed by atoms with Gasteiger partial charge in [-0.05, 0) is 26.2 Å². The standard InChI is InChI=1S/C11H20N2S/c1-7(2)5-11-13-9(4)10(14-11)6-8(3)12/h7-8H,5-6,12H2,1-4H3. The highest BCUT2D eigenvalue weighted by Gasteiger charge is 2.10. The van der Waals surface area contributed by atoms with Crippen molar-refractivity contribution in [2.24, 2.45) is 11.7 Å². The van der Waals surface area contributed by atoms with Gasteiger partial charge in [0.15, 0.2) is 0 Å². The van der Waals surface area contributed by atoms with E-state index >= 15 is 0 Å². The molecule has 0 aliphatic rings. The molecule has 1 heterocycles. The van der Waals surface area contributed by atoms with E-state index in [1.165, 1.54) is 15.6 Å². The van der Waals surface area contributed by atoms with E-state index in [-0.39, 0.29) is 6.04 Å². The molecule has 2 nitrogen and oxygen atoms in total. The van der Waals surface area contributed by atoms with Gasteiger partial charge in [0.1, 0.15) is 0 Å². The van der Waals surface area contributed by atoms with Crippen LogP contribution in [0.5, 0.6) is 0 Å². The second-order valence-corrected chi connectivity index (χ2v) is 5.56. The first-order chi connectivity index (χ1) is 6.49. The van der Waals surface area contributed by atoms with E-state index in [1.807, 2.05) is 18.3 Å². The maximum atomic E-state index is 5.78. The largest absolute Gasteiger partial charge is 0.328 e. The molecule has 1 atom stereocenters. The fraction of sp³-hybridized carbons (Fsp3) is 0.727. The zero-order valence-electron chi connectivity index (χ0n) is 9.50. The predicted octanol–water partition coefficient (Wildman–Crippen LogP) is 2.54. The van der Waals surface area contributed by atoms with Gasteiger partial charge in [0.2, 0.25) is 0 Å². The van der Waals surface area contributed by atoms with Gasteiger partial charge in [-0.15, -0.1) is 11.3 Å². The second-order valence-electron chi connectivity index (χ2n) is 4.40. The van der Waals surface area contributed by atoms with Gasteiger partial charge in [0, 0.05) is 17.3 Å². The third-order valence-corrected chi connectivity index (χ3v) is 3.23. The molecule has 2 N–H and O–H groups in total. The van der Waals surface area contributed by atoms with Crippen molar-refractivity contribution in [1.29, 1.82) is 0 Å². The Kier molecular flexibility index (Phi) is 4.08. The topological polar surface area (TPSA) is 38.9 Å². The third kappa shape index (κ3) is 3.39. The van der Waals surface area contributed by atoms with Gasteiger partial charge in [0.05, 0.1) is 10.7 Å². The third-order valence-electron chi connectivity index (χ3n) is 2.03. The van der Waals surface area contributed by atoms with Gasteiger partial charge in [0.25, 0.3) is 0 Å². The Balaban J connectivity index is 2.72. The Morgan fingerprint density at radius 2 is 1.93 bits per heavy atom. The monoisotopic (exact) mass is 212 g/mol. The van der Waals surface area contributed by atoms with Gasteiger partial charge in [-0.1, -0.05) is 13.8 Å². The molecule has 0 fully saturated rings. The van der Waals surface area contributed by atoms with Crippen molar-refractivity contribution < 1.29 is 0 Å². The Labute approximate surface area is 90.6 Å². The number of hydrogen-bond acceptors (Lipinski definition) is 3. The zero-order chi connectivity index (χ0) is 10.7. The van der Waals surface area contributed by atoms with Crippen LogP contribution in [0.4, 0.5) is 0 Å². The van der Waals surface area contributed by atoms with Crippen LogP contribution >= 0.6 is 11.3 Å². The van der Waals surface area contributed by atoms with Gasteiger partial charge < -0.3 is 5.73 Å². The quantitative estimate of drug-likeness (QED) is 0.833. The lowest BCUT2D eigenvalue weighted by atomic mass is 10.1. The molecule has 0 amide bonds. The lowest BCUT2D eigenvalue weighted by Gasteiger charge is -2.01. The predicted molar refractivity (Wildman–Crippen MR) is 62.7 cm³/mol. The van der Waals surface area contributed by atoms with E-state index in [0.717, 1.165) is 12.8 Å². The van der Waals surface area contributed by atoms with Crippen LogP contribution in [-0.4, -0.2) is 11.0 Å². The first-order valence-corrected chi connectivity index (χ1v) is 6.01. The van der Waals surface area contributed by atoms with Crippen LogP contribution in [0.2, 0.25) is 0 Å². The summed E-state index contributed by atoms with van der Waals surface area (Å²) in [6.07, 6.45) is 2.05. The van der Waals surface area contributed by atoms with Crippen LogP contribution < -0.4 is 5.73 Å². The average molecular weight is 212 g/mol. The number of aromatic nitrogens is 1. The molecule has 0 aliphatic heterocycles. The summed E-state index contributed by atoms with van der Waals surface area (Å²) in [4.78, 5) is 5.92. The van der Waals surface area contributed by atoms with Crippen LogP contribution in [0.25, 0.3) is 0 Å². The highest BCUT2D eigenvalue weighted by atomic mass is 32.1.